The van der Waals surface area contributed by atoms with Crippen molar-refractivity contribution in [3.05, 3.63) is 5.01 Å². The maximum Gasteiger partial charge on any atom is 0.389 e. The molecule has 0 aliphatic heterocycles. The summed E-state index contributed by atoms with van der Waals surface area (Å²) in [6, 6.07) is 0. The molecule has 0 aromatic carbocycles. The van der Waals surface area contributed by atoms with Crippen LogP contribution in [0.25, 0.3) is 0 Å². The van der Waals surface area contributed by atoms with Gasteiger partial charge in [-0.05, 0) is 0 Å². The van der Waals surface area contributed by atoms with E-state index < -0.39 is 24.9 Å². The summed E-state index contributed by atoms with van der Waals surface area (Å²) in [5.74, 6) is -0.625. The monoisotopic (exact) mass is 268 g/mol. The molecular formula is C8H11F3N4OS. The van der Waals surface area contributed by atoms with E-state index in [1.54, 1.807) is 0 Å². The van der Waals surface area contributed by atoms with Gasteiger partial charge in [0.1, 0.15) is 5.01 Å². The van der Waals surface area contributed by atoms with Crippen LogP contribution >= 0.6 is 11.3 Å². The van der Waals surface area contributed by atoms with Crippen LogP contribution in [0.1, 0.15) is 17.8 Å². The fourth-order valence-corrected chi connectivity index (χ4v) is 1.63. The number of nitrogens with zero attached hydrogens (tertiary/aromatic N) is 2. The Kier molecular flexibility index (Phi) is 4.67. The largest absolute Gasteiger partial charge is 0.389 e. The fourth-order valence-electron chi connectivity index (χ4n) is 1.02. The molecule has 1 aromatic rings. The lowest BCUT2D eigenvalue weighted by Gasteiger charge is -2.06. The van der Waals surface area contributed by atoms with Crippen LogP contribution in [0.5, 0.6) is 0 Å². The molecule has 0 bridgehead atoms. The van der Waals surface area contributed by atoms with E-state index >= 15 is 0 Å². The van der Waals surface area contributed by atoms with Crippen molar-refractivity contribution in [2.75, 3.05) is 12.3 Å². The second-order valence-electron chi connectivity index (χ2n) is 3.25. The molecule has 1 aromatic heterocycles. The van der Waals surface area contributed by atoms with Gasteiger partial charge in [0.15, 0.2) is 0 Å². The van der Waals surface area contributed by atoms with Crippen LogP contribution in [0.2, 0.25) is 0 Å². The van der Waals surface area contributed by atoms with Gasteiger partial charge in [0.05, 0.1) is 6.42 Å². The second kappa shape index (κ2) is 5.80. The summed E-state index contributed by atoms with van der Waals surface area (Å²) in [7, 11) is 0. The molecule has 0 fully saturated rings. The first-order chi connectivity index (χ1) is 7.87. The van der Waals surface area contributed by atoms with E-state index in [2.05, 4.69) is 15.5 Å². The van der Waals surface area contributed by atoms with Crippen molar-refractivity contribution in [1.29, 1.82) is 0 Å². The topological polar surface area (TPSA) is 80.9 Å². The molecule has 9 heteroatoms. The average molecular weight is 268 g/mol. The highest BCUT2D eigenvalue weighted by molar-refractivity contribution is 7.15. The molecule has 0 aliphatic rings. The van der Waals surface area contributed by atoms with E-state index in [4.69, 9.17) is 5.73 Å². The molecule has 1 amide bonds. The molecule has 0 saturated heterocycles. The zero-order valence-electron chi connectivity index (χ0n) is 8.75. The van der Waals surface area contributed by atoms with Gasteiger partial charge in [0, 0.05) is 19.4 Å². The Morgan fingerprint density at radius 3 is 2.65 bits per heavy atom. The molecule has 1 rings (SSSR count). The molecule has 3 N–H and O–H groups in total. The molecule has 0 radical (unpaired) electrons. The number of nitrogens with two attached hydrogens (primary N) is 1. The summed E-state index contributed by atoms with van der Waals surface area (Å²) < 4.78 is 35.4. The first-order valence-electron chi connectivity index (χ1n) is 4.78. The van der Waals surface area contributed by atoms with E-state index in [1.807, 2.05) is 0 Å². The minimum absolute atomic E-state index is 0.228. The molecular weight excluding hydrogens is 257 g/mol. The van der Waals surface area contributed by atoms with Crippen LogP contribution in [0.15, 0.2) is 0 Å². The standard InChI is InChI=1S/C8H11F3N4OS/c9-8(10,11)3-1-5(16)13-4-2-6-14-15-7(12)17-6/h1-4H2,(H2,12,15)(H,13,16). The van der Waals surface area contributed by atoms with E-state index in [0.29, 0.717) is 16.6 Å². The Bertz CT molecular complexity index is 379. The zero-order chi connectivity index (χ0) is 12.9. The summed E-state index contributed by atoms with van der Waals surface area (Å²) in [4.78, 5) is 11.0. The van der Waals surface area contributed by atoms with E-state index in [1.165, 1.54) is 11.3 Å². The van der Waals surface area contributed by atoms with Gasteiger partial charge in [-0.25, -0.2) is 0 Å². The molecule has 17 heavy (non-hydrogen) atoms. The van der Waals surface area contributed by atoms with Crippen LogP contribution in [0.3, 0.4) is 0 Å². The van der Waals surface area contributed by atoms with Gasteiger partial charge >= 0.3 is 6.18 Å². The summed E-state index contributed by atoms with van der Waals surface area (Å²) in [5, 5.41) is 10.6. The van der Waals surface area contributed by atoms with Crippen molar-refractivity contribution >= 4 is 22.4 Å². The maximum absolute atomic E-state index is 11.8. The number of anilines is 1. The summed E-state index contributed by atoms with van der Waals surface area (Å²) in [5.41, 5.74) is 5.34. The predicted molar refractivity (Wildman–Crippen MR) is 56.3 cm³/mol. The van der Waals surface area contributed by atoms with Gasteiger partial charge in [-0.15, -0.1) is 10.2 Å². The van der Waals surface area contributed by atoms with E-state index in [0.717, 1.165) is 0 Å². The van der Waals surface area contributed by atoms with Crippen LogP contribution in [-0.4, -0.2) is 28.8 Å². The van der Waals surface area contributed by atoms with Crippen LogP contribution in [0.4, 0.5) is 18.3 Å². The van der Waals surface area contributed by atoms with Gasteiger partial charge in [-0.1, -0.05) is 11.3 Å². The highest BCUT2D eigenvalue weighted by atomic mass is 32.1. The number of hydrogen-bond donors (Lipinski definition) is 2. The normalized spacial score (nSPS) is 11.5. The fraction of sp³-hybridized carbons (Fsp3) is 0.625. The quantitative estimate of drug-likeness (QED) is 0.838. The Balaban J connectivity index is 2.16. The van der Waals surface area contributed by atoms with Gasteiger partial charge in [0.25, 0.3) is 0 Å². The minimum Gasteiger partial charge on any atom is -0.374 e. The number of hydrogen-bond acceptors (Lipinski definition) is 5. The van der Waals surface area contributed by atoms with E-state index in [-0.39, 0.29) is 6.54 Å². The SMILES string of the molecule is Nc1nnc(CCNC(=O)CCC(F)(F)F)s1. The van der Waals surface area contributed by atoms with Crippen molar-refractivity contribution in [3.63, 3.8) is 0 Å². The summed E-state index contributed by atoms with van der Waals surface area (Å²) in [6.45, 7) is 0.228. The summed E-state index contributed by atoms with van der Waals surface area (Å²) in [6.07, 6.45) is -5.55. The molecule has 96 valence electrons. The van der Waals surface area contributed by atoms with Crippen LogP contribution in [-0.2, 0) is 11.2 Å². The van der Waals surface area contributed by atoms with Crippen LogP contribution < -0.4 is 11.1 Å². The highest BCUT2D eigenvalue weighted by Crippen LogP contribution is 2.20. The van der Waals surface area contributed by atoms with Crippen molar-refractivity contribution < 1.29 is 18.0 Å². The predicted octanol–water partition coefficient (Wildman–Crippen LogP) is 1.12. The second-order valence-corrected chi connectivity index (χ2v) is 4.34. The summed E-state index contributed by atoms with van der Waals surface area (Å²) >= 11 is 1.18. The van der Waals surface area contributed by atoms with Crippen molar-refractivity contribution in [1.82, 2.24) is 15.5 Å². The third-order valence-corrected chi connectivity index (χ3v) is 2.59. The number of carbonyl (C=O) groups excluding carboxylic acids is 1. The highest BCUT2D eigenvalue weighted by Gasteiger charge is 2.27. The molecule has 0 spiro atoms. The Labute approximate surface area is 99.2 Å². The minimum atomic E-state index is -4.30. The van der Waals surface area contributed by atoms with Crippen molar-refractivity contribution in [2.45, 2.75) is 25.4 Å². The number of nitrogens with one attached hydrogen (secondary N) is 1. The number of alkyl halides is 3. The molecule has 0 aliphatic carbocycles. The third kappa shape index (κ3) is 6.05. The van der Waals surface area contributed by atoms with Crippen molar-refractivity contribution in [3.8, 4) is 0 Å². The lowest BCUT2D eigenvalue weighted by atomic mass is 10.3. The first-order valence-corrected chi connectivity index (χ1v) is 5.60. The molecule has 0 atom stereocenters. The molecule has 1 heterocycles. The number of aromatic nitrogens is 2. The first kappa shape index (κ1) is 13.7. The average Bonchev–Trinajstić information content (AvgIpc) is 2.60. The number of nitrogen functional groups attached to an aromatic ring is 1. The van der Waals surface area contributed by atoms with Gasteiger partial charge in [-0.3, -0.25) is 4.79 Å². The lowest BCUT2D eigenvalue weighted by molar-refractivity contribution is -0.144. The lowest BCUT2D eigenvalue weighted by Crippen LogP contribution is -2.26. The maximum atomic E-state index is 11.8. The Hall–Kier alpha value is -1.38. The van der Waals surface area contributed by atoms with Gasteiger partial charge < -0.3 is 11.1 Å². The van der Waals surface area contributed by atoms with Gasteiger partial charge in [-0.2, -0.15) is 13.2 Å². The Morgan fingerprint density at radius 1 is 1.41 bits per heavy atom. The number of amides is 1. The molecule has 0 saturated carbocycles. The van der Waals surface area contributed by atoms with E-state index in [9.17, 15) is 18.0 Å². The number of rotatable bonds is 5. The zero-order valence-corrected chi connectivity index (χ0v) is 9.57. The third-order valence-electron chi connectivity index (χ3n) is 1.78. The molecule has 0 unspecified atom stereocenters. The van der Waals surface area contributed by atoms with Crippen molar-refractivity contribution in [2.24, 2.45) is 0 Å². The number of halogens is 3. The smallest absolute Gasteiger partial charge is 0.374 e. The Morgan fingerprint density at radius 2 is 2.12 bits per heavy atom. The van der Waals surface area contributed by atoms with Crippen LogP contribution in [0, 0.1) is 0 Å². The van der Waals surface area contributed by atoms with Gasteiger partial charge in [0.2, 0.25) is 11.0 Å². The molecule has 5 nitrogen and oxygen atoms in total. The number of carbonyl (C=O) groups is 1.